The van der Waals surface area contributed by atoms with Gasteiger partial charge in [0.05, 0.1) is 10.0 Å². The van der Waals surface area contributed by atoms with Crippen molar-refractivity contribution in [2.24, 2.45) is 5.73 Å². The SMILES string of the molecule is NC(CSc1ccc(Br)cc1)c1ccc(Cl)c(Cl)c1. The molecule has 100 valence electrons. The Bertz CT molecular complexity index is 560. The van der Waals surface area contributed by atoms with Crippen LogP contribution in [-0.2, 0) is 0 Å². The van der Waals surface area contributed by atoms with Gasteiger partial charge in [-0.3, -0.25) is 0 Å². The number of rotatable bonds is 4. The number of hydrogen-bond donors (Lipinski definition) is 1. The second-order valence-corrected chi connectivity index (χ2v) is 6.87. The van der Waals surface area contributed by atoms with Crippen molar-refractivity contribution >= 4 is 50.9 Å². The van der Waals surface area contributed by atoms with E-state index < -0.39 is 0 Å². The van der Waals surface area contributed by atoms with E-state index in [1.807, 2.05) is 24.3 Å². The fourth-order valence-electron chi connectivity index (χ4n) is 1.56. The van der Waals surface area contributed by atoms with E-state index in [-0.39, 0.29) is 6.04 Å². The summed E-state index contributed by atoms with van der Waals surface area (Å²) in [4.78, 5) is 1.19. The van der Waals surface area contributed by atoms with Crippen LogP contribution in [0.25, 0.3) is 0 Å². The van der Waals surface area contributed by atoms with Crippen molar-refractivity contribution in [2.45, 2.75) is 10.9 Å². The van der Waals surface area contributed by atoms with Gasteiger partial charge in [-0.25, -0.2) is 0 Å². The minimum absolute atomic E-state index is 0.0663. The molecule has 1 unspecified atom stereocenters. The van der Waals surface area contributed by atoms with E-state index in [0.717, 1.165) is 15.8 Å². The van der Waals surface area contributed by atoms with Crippen molar-refractivity contribution in [1.82, 2.24) is 0 Å². The summed E-state index contributed by atoms with van der Waals surface area (Å²) in [7, 11) is 0. The molecule has 0 radical (unpaired) electrons. The Balaban J connectivity index is 1.98. The molecular formula is C14H12BrCl2NS. The van der Waals surface area contributed by atoms with E-state index in [4.69, 9.17) is 28.9 Å². The Kier molecular flexibility index (Phi) is 5.60. The Labute approximate surface area is 135 Å². The third kappa shape index (κ3) is 4.40. The van der Waals surface area contributed by atoms with Crippen molar-refractivity contribution in [3.05, 3.63) is 62.5 Å². The van der Waals surface area contributed by atoms with Crippen molar-refractivity contribution in [2.75, 3.05) is 5.75 Å². The van der Waals surface area contributed by atoms with Crippen LogP contribution in [0.3, 0.4) is 0 Å². The molecule has 0 aliphatic carbocycles. The maximum atomic E-state index is 6.16. The highest BCUT2D eigenvalue weighted by Crippen LogP contribution is 2.28. The smallest absolute Gasteiger partial charge is 0.0595 e. The first-order valence-corrected chi connectivity index (χ1v) is 8.18. The van der Waals surface area contributed by atoms with Crippen LogP contribution in [0.1, 0.15) is 11.6 Å². The van der Waals surface area contributed by atoms with Crippen molar-refractivity contribution in [3.63, 3.8) is 0 Å². The average Bonchev–Trinajstić information content (AvgIpc) is 2.41. The number of halogens is 3. The molecule has 0 amide bonds. The highest BCUT2D eigenvalue weighted by molar-refractivity contribution is 9.10. The molecule has 1 atom stereocenters. The van der Waals surface area contributed by atoms with Crippen molar-refractivity contribution in [3.8, 4) is 0 Å². The topological polar surface area (TPSA) is 26.0 Å². The summed E-state index contributed by atoms with van der Waals surface area (Å²) in [5.41, 5.74) is 7.16. The van der Waals surface area contributed by atoms with Crippen LogP contribution in [0, 0.1) is 0 Å². The molecule has 0 saturated heterocycles. The normalized spacial score (nSPS) is 12.4. The van der Waals surface area contributed by atoms with E-state index in [2.05, 4.69) is 28.1 Å². The second kappa shape index (κ2) is 7.00. The zero-order valence-electron chi connectivity index (χ0n) is 9.95. The molecule has 0 fully saturated rings. The summed E-state index contributed by atoms with van der Waals surface area (Å²) in [6, 6.07) is 13.6. The Morgan fingerprint density at radius 2 is 1.74 bits per heavy atom. The predicted molar refractivity (Wildman–Crippen MR) is 88.3 cm³/mol. The monoisotopic (exact) mass is 375 g/mol. The van der Waals surface area contributed by atoms with Crippen molar-refractivity contribution in [1.29, 1.82) is 0 Å². The minimum atomic E-state index is -0.0663. The molecule has 0 heterocycles. The van der Waals surface area contributed by atoms with Gasteiger partial charge in [0.2, 0.25) is 0 Å². The van der Waals surface area contributed by atoms with Gasteiger partial charge in [-0.15, -0.1) is 11.8 Å². The first-order chi connectivity index (χ1) is 9.06. The van der Waals surface area contributed by atoms with Crippen LogP contribution in [-0.4, -0.2) is 5.75 Å². The number of nitrogens with two attached hydrogens (primary N) is 1. The fourth-order valence-corrected chi connectivity index (χ4v) is 3.02. The quantitative estimate of drug-likeness (QED) is 0.708. The minimum Gasteiger partial charge on any atom is -0.323 e. The molecular weight excluding hydrogens is 365 g/mol. The molecule has 2 aromatic carbocycles. The summed E-state index contributed by atoms with van der Waals surface area (Å²) in [5.74, 6) is 0.791. The molecule has 2 rings (SSSR count). The molecule has 2 aromatic rings. The summed E-state index contributed by atoms with van der Waals surface area (Å²) >= 11 is 17.0. The van der Waals surface area contributed by atoms with Gasteiger partial charge in [0.25, 0.3) is 0 Å². The Morgan fingerprint density at radius 1 is 1.05 bits per heavy atom. The van der Waals surface area contributed by atoms with Gasteiger partial charge >= 0.3 is 0 Å². The molecule has 0 saturated carbocycles. The average molecular weight is 377 g/mol. The highest BCUT2D eigenvalue weighted by atomic mass is 79.9. The fraction of sp³-hybridized carbons (Fsp3) is 0.143. The summed E-state index contributed by atoms with van der Waals surface area (Å²) in [6.45, 7) is 0. The lowest BCUT2D eigenvalue weighted by Gasteiger charge is -2.12. The third-order valence-electron chi connectivity index (χ3n) is 2.62. The van der Waals surface area contributed by atoms with E-state index in [1.54, 1.807) is 17.8 Å². The largest absolute Gasteiger partial charge is 0.323 e. The summed E-state index contributed by atoms with van der Waals surface area (Å²) in [5, 5.41) is 1.10. The van der Waals surface area contributed by atoms with Gasteiger partial charge in [-0.2, -0.15) is 0 Å². The molecule has 0 bridgehead atoms. The first-order valence-electron chi connectivity index (χ1n) is 5.65. The maximum absolute atomic E-state index is 6.16. The molecule has 19 heavy (non-hydrogen) atoms. The predicted octanol–water partition coefficient (Wildman–Crippen LogP) is 5.55. The van der Waals surface area contributed by atoms with Crippen LogP contribution < -0.4 is 5.73 Å². The van der Waals surface area contributed by atoms with E-state index >= 15 is 0 Å². The maximum Gasteiger partial charge on any atom is 0.0595 e. The number of thioether (sulfide) groups is 1. The van der Waals surface area contributed by atoms with E-state index in [1.165, 1.54) is 4.90 Å². The van der Waals surface area contributed by atoms with Gasteiger partial charge in [0.1, 0.15) is 0 Å². The Hall–Kier alpha value is -0.190. The number of hydrogen-bond acceptors (Lipinski definition) is 2. The summed E-state index contributed by atoms with van der Waals surface area (Å²) in [6.07, 6.45) is 0. The van der Waals surface area contributed by atoms with Crippen LogP contribution in [0.15, 0.2) is 51.8 Å². The molecule has 0 spiro atoms. The number of benzene rings is 2. The first kappa shape index (κ1) is 15.2. The van der Waals surface area contributed by atoms with E-state index in [0.29, 0.717) is 10.0 Å². The molecule has 0 aromatic heterocycles. The molecule has 1 nitrogen and oxygen atoms in total. The molecule has 5 heteroatoms. The van der Waals surface area contributed by atoms with Crippen LogP contribution in [0.5, 0.6) is 0 Å². The molecule has 2 N–H and O–H groups in total. The lowest BCUT2D eigenvalue weighted by atomic mass is 10.1. The van der Waals surface area contributed by atoms with Gasteiger partial charge in [0, 0.05) is 21.2 Å². The third-order valence-corrected chi connectivity index (χ3v) is 5.01. The van der Waals surface area contributed by atoms with E-state index in [9.17, 15) is 0 Å². The zero-order valence-corrected chi connectivity index (χ0v) is 13.9. The van der Waals surface area contributed by atoms with Gasteiger partial charge in [-0.05, 0) is 42.0 Å². The van der Waals surface area contributed by atoms with Gasteiger partial charge in [0.15, 0.2) is 0 Å². The van der Waals surface area contributed by atoms with Crippen LogP contribution in [0.2, 0.25) is 10.0 Å². The summed E-state index contributed by atoms with van der Waals surface area (Å²) < 4.78 is 1.07. The lowest BCUT2D eigenvalue weighted by molar-refractivity contribution is 0.831. The Morgan fingerprint density at radius 3 is 2.37 bits per heavy atom. The van der Waals surface area contributed by atoms with Crippen molar-refractivity contribution < 1.29 is 0 Å². The standard InChI is InChI=1S/C14H12BrCl2NS/c15-10-2-4-11(5-3-10)19-8-14(18)9-1-6-12(16)13(17)7-9/h1-7,14H,8,18H2. The van der Waals surface area contributed by atoms with Gasteiger partial charge < -0.3 is 5.73 Å². The van der Waals surface area contributed by atoms with Gasteiger partial charge in [-0.1, -0.05) is 45.2 Å². The second-order valence-electron chi connectivity index (χ2n) is 4.04. The lowest BCUT2D eigenvalue weighted by Crippen LogP contribution is -2.12. The highest BCUT2D eigenvalue weighted by Gasteiger charge is 2.09. The van der Waals surface area contributed by atoms with Crippen LogP contribution in [0.4, 0.5) is 0 Å². The molecule has 0 aliphatic rings. The zero-order chi connectivity index (χ0) is 13.8. The molecule has 0 aliphatic heterocycles. The van der Waals surface area contributed by atoms with Crippen LogP contribution >= 0.6 is 50.9 Å².